The molecule has 0 spiro atoms. The zero-order chi connectivity index (χ0) is 16.5. The molecule has 1 aliphatic carbocycles. The van der Waals surface area contributed by atoms with Crippen LogP contribution >= 0.6 is 11.6 Å². The molecule has 0 aromatic heterocycles. The maximum absolute atomic E-state index is 11.9. The Hall–Kier alpha value is -1.52. The summed E-state index contributed by atoms with van der Waals surface area (Å²) < 4.78 is 5.09. The lowest BCUT2D eigenvalue weighted by Crippen LogP contribution is -2.23. The molecule has 0 bridgehead atoms. The second-order valence-corrected chi connectivity index (χ2v) is 6.16. The number of allylic oxidation sites excluding steroid dienone is 1. The fourth-order valence-electron chi connectivity index (χ4n) is 2.68. The van der Waals surface area contributed by atoms with Gasteiger partial charge >= 0.3 is 0 Å². The van der Waals surface area contributed by atoms with Crippen LogP contribution in [0.4, 0.5) is 5.69 Å². The van der Waals surface area contributed by atoms with Crippen LogP contribution in [-0.2, 0) is 4.79 Å². The third-order valence-electron chi connectivity index (χ3n) is 3.97. The summed E-state index contributed by atoms with van der Waals surface area (Å²) in [5.74, 6) is 0.582. The molecule has 0 aliphatic heterocycles. The number of anilines is 1. The largest absolute Gasteiger partial charge is 0.495 e. The molecule has 0 saturated heterocycles. The predicted octanol–water partition coefficient (Wildman–Crippen LogP) is 4.16. The Balaban J connectivity index is 1.63. The lowest BCUT2D eigenvalue weighted by atomic mass is 9.97. The number of amides is 1. The molecular weight excluding hydrogens is 312 g/mol. The molecule has 1 aromatic carbocycles. The van der Waals surface area contributed by atoms with Gasteiger partial charge in [0, 0.05) is 18.7 Å². The van der Waals surface area contributed by atoms with Crippen LogP contribution in [0.3, 0.4) is 0 Å². The average Bonchev–Trinajstić information content (AvgIpc) is 2.56. The van der Waals surface area contributed by atoms with E-state index in [-0.39, 0.29) is 5.91 Å². The second-order valence-electron chi connectivity index (χ2n) is 5.76. The first-order valence-electron chi connectivity index (χ1n) is 8.21. The predicted molar refractivity (Wildman–Crippen MR) is 95.3 cm³/mol. The highest BCUT2D eigenvalue weighted by Crippen LogP contribution is 2.27. The van der Waals surface area contributed by atoms with Crippen molar-refractivity contribution >= 4 is 23.2 Å². The van der Waals surface area contributed by atoms with Crippen LogP contribution in [0.15, 0.2) is 29.8 Å². The normalized spacial score (nSPS) is 14.3. The van der Waals surface area contributed by atoms with E-state index in [1.54, 1.807) is 30.9 Å². The van der Waals surface area contributed by atoms with E-state index in [4.69, 9.17) is 16.3 Å². The van der Waals surface area contributed by atoms with Gasteiger partial charge in [0.05, 0.1) is 12.1 Å². The van der Waals surface area contributed by atoms with Crippen molar-refractivity contribution in [1.29, 1.82) is 0 Å². The summed E-state index contributed by atoms with van der Waals surface area (Å²) in [5.41, 5.74) is 2.24. The molecule has 23 heavy (non-hydrogen) atoms. The molecule has 0 heterocycles. The molecule has 2 N–H and O–H groups in total. The summed E-state index contributed by atoms with van der Waals surface area (Å²) in [6.07, 6.45) is 9.01. The molecule has 2 rings (SSSR count). The number of carbonyl (C=O) groups excluding carboxylic acids is 1. The Morgan fingerprint density at radius 1 is 1.30 bits per heavy atom. The van der Waals surface area contributed by atoms with Gasteiger partial charge in [0.15, 0.2) is 0 Å². The van der Waals surface area contributed by atoms with Crippen molar-refractivity contribution in [3.8, 4) is 5.75 Å². The van der Waals surface area contributed by atoms with Gasteiger partial charge in [-0.05, 0) is 56.8 Å². The van der Waals surface area contributed by atoms with Crippen molar-refractivity contribution in [2.24, 2.45) is 0 Å². The summed E-state index contributed by atoms with van der Waals surface area (Å²) in [6.45, 7) is 1.62. The van der Waals surface area contributed by atoms with Crippen molar-refractivity contribution < 1.29 is 9.53 Å². The molecule has 1 amide bonds. The van der Waals surface area contributed by atoms with E-state index in [1.807, 2.05) is 0 Å². The molecule has 126 valence electrons. The Bertz CT molecular complexity index is 558. The molecule has 0 unspecified atom stereocenters. The molecule has 0 fully saturated rings. The van der Waals surface area contributed by atoms with Gasteiger partial charge in [0.2, 0.25) is 5.91 Å². The zero-order valence-electron chi connectivity index (χ0n) is 13.7. The van der Waals surface area contributed by atoms with Gasteiger partial charge in [-0.2, -0.15) is 0 Å². The average molecular weight is 337 g/mol. The highest BCUT2D eigenvalue weighted by molar-refractivity contribution is 6.32. The Kier molecular flexibility index (Phi) is 7.43. The molecule has 4 nitrogen and oxygen atoms in total. The van der Waals surface area contributed by atoms with E-state index < -0.39 is 0 Å². The highest BCUT2D eigenvalue weighted by Gasteiger charge is 2.06. The van der Waals surface area contributed by atoms with Crippen LogP contribution in [0.25, 0.3) is 0 Å². The minimum absolute atomic E-state index is 0.0179. The number of nitrogens with one attached hydrogen (secondary N) is 2. The van der Waals surface area contributed by atoms with Crippen molar-refractivity contribution in [3.63, 3.8) is 0 Å². The monoisotopic (exact) mass is 336 g/mol. The van der Waals surface area contributed by atoms with E-state index in [1.165, 1.54) is 25.7 Å². The molecule has 5 heteroatoms. The first-order valence-corrected chi connectivity index (χ1v) is 8.59. The number of rotatable bonds is 8. The van der Waals surface area contributed by atoms with E-state index in [9.17, 15) is 4.79 Å². The van der Waals surface area contributed by atoms with E-state index in [0.717, 1.165) is 13.0 Å². The fraction of sp³-hybridized carbons (Fsp3) is 0.500. The standard InChI is InChI=1S/C18H25ClN2O2/c1-23-17-8-7-15(13-16(17)19)21-18(22)10-12-20-11-9-14-5-3-2-4-6-14/h5,7-8,13,20H,2-4,6,9-12H2,1H3,(H,21,22). The molecule has 0 atom stereocenters. The Morgan fingerprint density at radius 3 is 2.87 bits per heavy atom. The van der Waals surface area contributed by atoms with Crippen LogP contribution in [0.1, 0.15) is 38.5 Å². The van der Waals surface area contributed by atoms with E-state index in [2.05, 4.69) is 16.7 Å². The van der Waals surface area contributed by atoms with Gasteiger partial charge in [0.1, 0.15) is 5.75 Å². The number of carbonyl (C=O) groups is 1. The summed E-state index contributed by atoms with van der Waals surface area (Å²) in [4.78, 5) is 11.9. The quantitative estimate of drug-likeness (QED) is 0.553. The third-order valence-corrected chi connectivity index (χ3v) is 4.27. The minimum atomic E-state index is -0.0179. The first-order chi connectivity index (χ1) is 11.2. The van der Waals surface area contributed by atoms with Gasteiger partial charge in [-0.15, -0.1) is 0 Å². The van der Waals surface area contributed by atoms with Gasteiger partial charge in [-0.1, -0.05) is 23.3 Å². The molecular formula is C18H25ClN2O2. The third kappa shape index (κ3) is 6.24. The van der Waals surface area contributed by atoms with Crippen molar-refractivity contribution in [2.45, 2.75) is 38.5 Å². The lowest BCUT2D eigenvalue weighted by molar-refractivity contribution is -0.116. The number of hydrogen-bond acceptors (Lipinski definition) is 3. The van der Waals surface area contributed by atoms with Gasteiger partial charge in [0.25, 0.3) is 0 Å². The van der Waals surface area contributed by atoms with Crippen molar-refractivity contribution in [2.75, 3.05) is 25.5 Å². The van der Waals surface area contributed by atoms with E-state index in [0.29, 0.717) is 29.4 Å². The van der Waals surface area contributed by atoms with Gasteiger partial charge in [-0.3, -0.25) is 4.79 Å². The lowest BCUT2D eigenvalue weighted by Gasteiger charge is -2.13. The molecule has 1 aromatic rings. The summed E-state index contributed by atoms with van der Waals surface area (Å²) in [5, 5.41) is 6.67. The zero-order valence-corrected chi connectivity index (χ0v) is 14.4. The molecule has 1 aliphatic rings. The molecule has 0 saturated carbocycles. The first kappa shape index (κ1) is 17.8. The smallest absolute Gasteiger partial charge is 0.225 e. The second kappa shape index (κ2) is 9.58. The van der Waals surface area contributed by atoms with Crippen LogP contribution in [0.2, 0.25) is 5.02 Å². The van der Waals surface area contributed by atoms with Crippen LogP contribution in [0, 0.1) is 0 Å². The Labute approximate surface area is 143 Å². The number of ether oxygens (including phenoxy) is 1. The Morgan fingerprint density at radius 2 is 2.17 bits per heavy atom. The summed E-state index contributed by atoms with van der Waals surface area (Å²) in [7, 11) is 1.56. The number of hydrogen-bond donors (Lipinski definition) is 2. The van der Waals surface area contributed by atoms with E-state index >= 15 is 0 Å². The summed E-state index contributed by atoms with van der Waals surface area (Å²) >= 11 is 6.04. The number of halogens is 1. The van der Waals surface area contributed by atoms with Crippen LogP contribution in [-0.4, -0.2) is 26.1 Å². The highest BCUT2D eigenvalue weighted by atomic mass is 35.5. The summed E-state index contributed by atoms with van der Waals surface area (Å²) in [6, 6.07) is 5.22. The number of methoxy groups -OCH3 is 1. The minimum Gasteiger partial charge on any atom is -0.495 e. The maximum Gasteiger partial charge on any atom is 0.225 e. The number of benzene rings is 1. The van der Waals surface area contributed by atoms with Crippen LogP contribution in [0.5, 0.6) is 5.75 Å². The molecule has 0 radical (unpaired) electrons. The topological polar surface area (TPSA) is 50.4 Å². The van der Waals surface area contributed by atoms with Crippen LogP contribution < -0.4 is 15.4 Å². The SMILES string of the molecule is COc1ccc(NC(=O)CCNCCC2=CCCCC2)cc1Cl. The van der Waals surface area contributed by atoms with Crippen molar-refractivity contribution in [1.82, 2.24) is 5.32 Å². The fourth-order valence-corrected chi connectivity index (χ4v) is 2.93. The maximum atomic E-state index is 11.9. The van der Waals surface area contributed by atoms with Gasteiger partial charge in [-0.25, -0.2) is 0 Å². The van der Waals surface area contributed by atoms with Crippen molar-refractivity contribution in [3.05, 3.63) is 34.9 Å². The van der Waals surface area contributed by atoms with Gasteiger partial charge < -0.3 is 15.4 Å².